The molecule has 1 aromatic carbocycles. The number of aliphatic imine (C=N–C) groups is 1. The van der Waals surface area contributed by atoms with Crippen molar-refractivity contribution in [3.05, 3.63) is 35.9 Å². The summed E-state index contributed by atoms with van der Waals surface area (Å²) >= 11 is 0. The molecule has 1 aliphatic heterocycles. The van der Waals surface area contributed by atoms with E-state index in [-0.39, 0.29) is 62.5 Å². The second-order valence-electron chi connectivity index (χ2n) is 28.1. The molecule has 36 nitrogen and oxygen atoms in total. The molecule has 0 spiro atoms. The quantitative estimate of drug-likeness (QED) is 0.0214. The van der Waals surface area contributed by atoms with E-state index in [0.717, 1.165) is 6.92 Å². The molecule has 0 aromatic heterocycles. The Kier molecular flexibility index (Phi) is 38.4. The summed E-state index contributed by atoms with van der Waals surface area (Å²) in [5.41, 5.74) is 13.6. The topological polar surface area (TPSA) is 581 Å². The number of ether oxygens (including phenoxy) is 2. The van der Waals surface area contributed by atoms with Crippen LogP contribution in [0.2, 0.25) is 0 Å². The lowest BCUT2D eigenvalue weighted by molar-refractivity contribution is -0.192. The molecule has 2 rings (SSSR count). The molecule has 1 heterocycles. The molecule has 1 aromatic rings. The number of nitrogens with one attached hydrogen (secondary N) is 11. The van der Waals surface area contributed by atoms with Crippen LogP contribution in [-0.2, 0) is 71.8 Å². The number of primary amides is 1. The third-order valence-electron chi connectivity index (χ3n) is 15.7. The van der Waals surface area contributed by atoms with Crippen LogP contribution in [0.3, 0.4) is 0 Å². The maximum atomic E-state index is 15.6. The van der Waals surface area contributed by atoms with Crippen molar-refractivity contribution in [2.45, 2.75) is 238 Å². The van der Waals surface area contributed by atoms with Gasteiger partial charge in [0.05, 0.1) is 25.4 Å². The number of carbonyl (C=O) groups is 14. The van der Waals surface area contributed by atoms with Gasteiger partial charge in [0, 0.05) is 6.54 Å². The number of esters is 1. The predicted octanol–water partition coefficient (Wildman–Crippen LogP) is -2.85. The second-order valence-corrected chi connectivity index (χ2v) is 28.1. The van der Waals surface area contributed by atoms with Crippen molar-refractivity contribution in [2.75, 3.05) is 19.7 Å². The number of nitrogens with zero attached hydrogens (tertiary/aromatic N) is 1. The standard InChI is InChI=1S/C64H107N15O19.C2HF3O2/c1-16-34(10)42-55(90)76-43(35(11)81)54(89)69-28-41(82)74-45(48(84)50(65)85)57(92)72-40(29-80)59(94)97-49(36-21-18-17-19-22-36)46(78-53(88)39(26-31(4)5)73-60(95)64(15,27-32(6)7)79-62(96)98-63(12,13)14)58(93)77-44(47(83)33(8)9)56(91)71-38(25-30(2)3)52(87)70-37(51(86)75-42)23-20-24-68-61(66)67;3-2(4,5)1(6)7/h17-19,21-22,30-35,37-40,42-49,80-81,83-84H,16,20,23-29H2,1-15H3,(H2,65,85)(H,69,89)(H,70,87)(H,71,91)(H,72,92)(H,73,95)(H,74,82)(H,75,86)(H,76,90)(H,77,93)(H,78,88)(H,79,96)(H4,66,67,68);(H,6,7)/t34-,35-,37+,38-,39-,40-,42-,43-,44-,45-,46-,47+,48-,49+,64+;/m0./s1. The number of amides is 12. The Morgan fingerprint density at radius 1 is 0.676 bits per heavy atom. The van der Waals surface area contributed by atoms with Crippen molar-refractivity contribution in [1.82, 2.24) is 58.5 Å². The molecule has 15 atom stereocenters. The van der Waals surface area contributed by atoms with E-state index in [1.54, 1.807) is 76.2 Å². The first-order valence-corrected chi connectivity index (χ1v) is 34.0. The van der Waals surface area contributed by atoms with Crippen LogP contribution in [0.5, 0.6) is 0 Å². The number of carbonyl (C=O) groups excluding carboxylic acids is 13. The van der Waals surface area contributed by atoms with Gasteiger partial charge in [-0.05, 0) is 102 Å². The Morgan fingerprint density at radius 2 is 1.20 bits per heavy atom. The number of alkyl carbamates (subject to hydrolysis) is 1. The van der Waals surface area contributed by atoms with Gasteiger partial charge in [-0.15, -0.1) is 0 Å². The van der Waals surface area contributed by atoms with Crippen LogP contribution >= 0.6 is 0 Å². The van der Waals surface area contributed by atoms with Crippen LogP contribution in [0.4, 0.5) is 18.0 Å². The van der Waals surface area contributed by atoms with E-state index < -0.39 is 216 Å². The van der Waals surface area contributed by atoms with Gasteiger partial charge < -0.3 is 111 Å². The van der Waals surface area contributed by atoms with Crippen molar-refractivity contribution in [1.29, 1.82) is 0 Å². The van der Waals surface area contributed by atoms with Crippen LogP contribution in [0.1, 0.15) is 154 Å². The minimum atomic E-state index is -5.08. The maximum absolute atomic E-state index is 15.6. The van der Waals surface area contributed by atoms with Gasteiger partial charge in [0.2, 0.25) is 65.0 Å². The van der Waals surface area contributed by atoms with E-state index in [4.69, 9.17) is 36.6 Å². The lowest BCUT2D eigenvalue weighted by atomic mass is 9.89. The van der Waals surface area contributed by atoms with Crippen molar-refractivity contribution in [3.63, 3.8) is 0 Å². The number of alkyl halides is 3. The molecule has 0 saturated carbocycles. The van der Waals surface area contributed by atoms with Gasteiger partial charge in [-0.3, -0.25) is 57.7 Å². The average molecular weight is 1500 g/mol. The summed E-state index contributed by atoms with van der Waals surface area (Å²) < 4.78 is 43.2. The van der Waals surface area contributed by atoms with E-state index in [1.165, 1.54) is 51.1 Å². The summed E-state index contributed by atoms with van der Waals surface area (Å²) in [6, 6.07) is -10.2. The summed E-state index contributed by atoms with van der Waals surface area (Å²) in [6.45, 7) is 21.3. The Labute approximate surface area is 606 Å². The van der Waals surface area contributed by atoms with Crippen LogP contribution in [0.15, 0.2) is 35.3 Å². The highest BCUT2D eigenvalue weighted by atomic mass is 19.4. The number of benzene rings is 1. The zero-order chi connectivity index (χ0) is 80.9. The number of hydrogen-bond acceptors (Lipinski definition) is 21. The first-order valence-electron chi connectivity index (χ1n) is 34.0. The van der Waals surface area contributed by atoms with Gasteiger partial charge in [0.25, 0.3) is 0 Å². The van der Waals surface area contributed by atoms with Crippen LogP contribution in [0.25, 0.3) is 0 Å². The zero-order valence-electron chi connectivity index (χ0n) is 61.7. The van der Waals surface area contributed by atoms with E-state index in [0.29, 0.717) is 0 Å². The Balaban J connectivity index is 0.00000746. The molecule has 0 bridgehead atoms. The third-order valence-corrected chi connectivity index (χ3v) is 15.7. The fourth-order valence-electron chi connectivity index (χ4n) is 10.2. The first-order chi connectivity index (χ1) is 48.4. The van der Waals surface area contributed by atoms with E-state index in [1.807, 2.05) is 10.6 Å². The number of halogens is 3. The minimum absolute atomic E-state index is 0.00254. The summed E-state index contributed by atoms with van der Waals surface area (Å²) in [7, 11) is 0. The number of aliphatic carboxylic acids is 1. The van der Waals surface area contributed by atoms with Crippen molar-refractivity contribution >= 4 is 89.0 Å². The molecular weight excluding hydrogens is 1400 g/mol. The Bertz CT molecular complexity index is 3170. The number of nitrogens with two attached hydrogens (primary N) is 3. The van der Waals surface area contributed by atoms with Crippen molar-refractivity contribution in [3.8, 4) is 0 Å². The molecule has 105 heavy (non-hydrogen) atoms. The van der Waals surface area contributed by atoms with Gasteiger partial charge in [-0.1, -0.05) is 106 Å². The minimum Gasteiger partial charge on any atom is -0.475 e. The van der Waals surface area contributed by atoms with Crippen LogP contribution < -0.4 is 75.7 Å². The van der Waals surface area contributed by atoms with Gasteiger partial charge >= 0.3 is 24.2 Å². The third kappa shape index (κ3) is 32.6. The van der Waals surface area contributed by atoms with Crippen LogP contribution in [0, 0.1) is 29.6 Å². The lowest BCUT2D eigenvalue weighted by Crippen LogP contribution is -2.65. The molecule has 1 fully saturated rings. The second kappa shape index (κ2) is 43.1. The fourth-order valence-corrected chi connectivity index (χ4v) is 10.2. The molecule has 39 heteroatoms. The number of hydrogen-bond donors (Lipinski definition) is 19. The smallest absolute Gasteiger partial charge is 0.475 e. The van der Waals surface area contributed by atoms with E-state index in [9.17, 15) is 81.5 Å². The number of guanidine groups is 1. The predicted molar refractivity (Wildman–Crippen MR) is 370 cm³/mol. The fraction of sp³-hybridized carbons (Fsp3) is 0.682. The number of carboxylic acid groups (broad SMARTS) is 1. The molecule has 1 aliphatic rings. The normalized spacial score (nSPS) is 23.2. The highest BCUT2D eigenvalue weighted by molar-refractivity contribution is 6.01. The summed E-state index contributed by atoms with van der Waals surface area (Å²) in [6.07, 6.45) is -14.6. The molecule has 594 valence electrons. The largest absolute Gasteiger partial charge is 0.490 e. The van der Waals surface area contributed by atoms with E-state index >= 15 is 14.4 Å². The van der Waals surface area contributed by atoms with Gasteiger partial charge in [-0.2, -0.15) is 13.2 Å². The lowest BCUT2D eigenvalue weighted by Gasteiger charge is -2.35. The van der Waals surface area contributed by atoms with Crippen molar-refractivity contribution < 1.29 is 115 Å². The molecular formula is C66H108F3N15O21. The molecule has 12 amide bonds. The number of cyclic esters (lactones) is 1. The number of rotatable bonds is 24. The molecule has 0 radical (unpaired) electrons. The number of carboxylic acids is 1. The molecule has 22 N–H and O–H groups in total. The highest BCUT2D eigenvalue weighted by Gasteiger charge is 2.46. The molecule has 0 unspecified atom stereocenters. The Hall–Kier alpha value is -9.50. The SMILES string of the molecule is CC[C@H](C)[C@@H]1NC(=O)[C@@H](CCCN=C(N)N)NC(=O)[C@H](CC(C)C)NC(=O)[C@H]([C@H](O)C(C)C)NC(=O)[C@@H](NC(=O)[C@H](CC(C)C)NC(=O)[C@@](C)(CC(C)C)NC(=O)OC(C)(C)C)[C@@H](c2ccccc2)OC(=O)[C@H](CO)NC(=O)[C@H]([C@H](O)C(N)=O)NC(=O)CNC(=O)[C@H]([C@H](C)O)NC1=O.O=C(O)C(F)(F)F. The molecule has 0 aliphatic carbocycles. The van der Waals surface area contributed by atoms with Gasteiger partial charge in [-0.25, -0.2) is 14.4 Å². The number of aliphatic hydroxyl groups is 4. The van der Waals surface area contributed by atoms with Crippen molar-refractivity contribution in [2.24, 2.45) is 51.8 Å². The Morgan fingerprint density at radius 3 is 1.69 bits per heavy atom. The van der Waals surface area contributed by atoms with Crippen LogP contribution in [-0.4, -0.2) is 224 Å². The maximum Gasteiger partial charge on any atom is 0.490 e. The average Bonchev–Trinajstić information content (AvgIpc) is 0.817. The highest BCUT2D eigenvalue weighted by Crippen LogP contribution is 2.26. The number of aliphatic hydroxyl groups excluding tert-OH is 4. The first kappa shape index (κ1) is 93.5. The monoisotopic (exact) mass is 1500 g/mol. The summed E-state index contributed by atoms with van der Waals surface area (Å²) in [5, 5.41) is 78.2. The zero-order valence-corrected chi connectivity index (χ0v) is 61.7. The molecule has 1 saturated heterocycles. The van der Waals surface area contributed by atoms with Gasteiger partial charge in [0.1, 0.15) is 59.5 Å². The summed E-state index contributed by atoms with van der Waals surface area (Å²) in [4.78, 5) is 199. The van der Waals surface area contributed by atoms with E-state index in [2.05, 4.69) is 52.8 Å². The van der Waals surface area contributed by atoms with Gasteiger partial charge in [0.15, 0.2) is 24.2 Å². The summed E-state index contributed by atoms with van der Waals surface area (Å²) in [5.74, 6) is -20.8.